The van der Waals surface area contributed by atoms with Gasteiger partial charge >= 0.3 is 12.1 Å². The highest BCUT2D eigenvalue weighted by Crippen LogP contribution is 2.49. The number of carboxylic acid groups (broad SMARTS) is 1. The van der Waals surface area contributed by atoms with Crippen molar-refractivity contribution >= 4 is 5.97 Å². The van der Waals surface area contributed by atoms with Gasteiger partial charge in [-0.25, -0.2) is 0 Å². The van der Waals surface area contributed by atoms with E-state index in [0.717, 1.165) is 30.5 Å². The number of carboxylic acids is 1. The van der Waals surface area contributed by atoms with E-state index in [1.165, 1.54) is 12.1 Å². The molecule has 0 saturated heterocycles. The largest absolute Gasteiger partial charge is 0.481 e. The number of hydrogen-bond donors (Lipinski definition) is 1. The molecule has 1 aliphatic carbocycles. The third-order valence-electron chi connectivity index (χ3n) is 4.50. The second kappa shape index (κ2) is 5.70. The predicted octanol–water partition coefficient (Wildman–Crippen LogP) is 4.84. The highest BCUT2D eigenvalue weighted by molar-refractivity contribution is 5.75. The summed E-state index contributed by atoms with van der Waals surface area (Å²) in [5.74, 6) is -0.742. The summed E-state index contributed by atoms with van der Waals surface area (Å²) >= 11 is 0. The summed E-state index contributed by atoms with van der Waals surface area (Å²) in [6.45, 7) is 1.95. The van der Waals surface area contributed by atoms with E-state index in [1.54, 1.807) is 0 Å². The van der Waals surface area contributed by atoms with Crippen LogP contribution in [0.4, 0.5) is 13.2 Å². The summed E-state index contributed by atoms with van der Waals surface area (Å²) < 4.78 is 37.6. The molecule has 1 aliphatic rings. The molecule has 0 spiro atoms. The minimum Gasteiger partial charge on any atom is -0.481 e. The van der Waals surface area contributed by atoms with Crippen LogP contribution in [0.5, 0.6) is 0 Å². The average molecular weight is 300 g/mol. The van der Waals surface area contributed by atoms with E-state index in [-0.39, 0.29) is 5.92 Å². The lowest BCUT2D eigenvalue weighted by atomic mass is 9.80. The number of benzene rings is 1. The van der Waals surface area contributed by atoms with Crippen molar-refractivity contribution < 1.29 is 23.1 Å². The first-order valence-corrected chi connectivity index (χ1v) is 7.19. The van der Waals surface area contributed by atoms with Gasteiger partial charge in [-0.3, -0.25) is 4.79 Å². The Balaban J connectivity index is 2.16. The summed E-state index contributed by atoms with van der Waals surface area (Å²) in [7, 11) is 0. The zero-order valence-electron chi connectivity index (χ0n) is 11.9. The fraction of sp³-hybridized carbons (Fsp3) is 0.562. The third kappa shape index (κ3) is 3.22. The van der Waals surface area contributed by atoms with Crippen LogP contribution in [0.1, 0.15) is 56.1 Å². The summed E-state index contributed by atoms with van der Waals surface area (Å²) in [5, 5.41) is 9.46. The van der Waals surface area contributed by atoms with Crippen molar-refractivity contribution in [2.75, 3.05) is 0 Å². The van der Waals surface area contributed by atoms with Gasteiger partial charge in [0.15, 0.2) is 0 Å². The van der Waals surface area contributed by atoms with Crippen LogP contribution in [0.25, 0.3) is 0 Å². The minimum absolute atomic E-state index is 0.0370. The Labute approximate surface area is 122 Å². The summed E-state index contributed by atoms with van der Waals surface area (Å²) in [6.07, 6.45) is -1.08. The van der Waals surface area contributed by atoms with E-state index in [1.807, 2.05) is 6.92 Å². The molecule has 1 saturated carbocycles. The van der Waals surface area contributed by atoms with Crippen molar-refractivity contribution in [2.45, 2.75) is 51.1 Å². The molecule has 5 heteroatoms. The number of hydrogen-bond acceptors (Lipinski definition) is 1. The van der Waals surface area contributed by atoms with Gasteiger partial charge < -0.3 is 5.11 Å². The van der Waals surface area contributed by atoms with Gasteiger partial charge in [-0.05, 0) is 49.3 Å². The van der Waals surface area contributed by atoms with Crippen LogP contribution in [0.2, 0.25) is 0 Å². The Morgan fingerprint density at radius 3 is 2.43 bits per heavy atom. The summed E-state index contributed by atoms with van der Waals surface area (Å²) in [5.41, 5.74) is -0.563. The molecule has 1 fully saturated rings. The zero-order chi connectivity index (χ0) is 15.7. The molecule has 0 amide bonds. The van der Waals surface area contributed by atoms with Gasteiger partial charge in [0.2, 0.25) is 0 Å². The zero-order valence-corrected chi connectivity index (χ0v) is 11.9. The molecule has 1 aromatic rings. The van der Waals surface area contributed by atoms with Crippen molar-refractivity contribution in [1.29, 1.82) is 0 Å². The quantitative estimate of drug-likeness (QED) is 0.863. The smallest absolute Gasteiger partial charge is 0.416 e. The normalized spacial score (nSPS) is 26.0. The molecular weight excluding hydrogens is 281 g/mol. The van der Waals surface area contributed by atoms with Gasteiger partial charge in [0.1, 0.15) is 0 Å². The van der Waals surface area contributed by atoms with Crippen molar-refractivity contribution in [3.8, 4) is 0 Å². The third-order valence-corrected chi connectivity index (χ3v) is 4.50. The predicted molar refractivity (Wildman–Crippen MR) is 73.0 cm³/mol. The van der Waals surface area contributed by atoms with E-state index in [9.17, 15) is 23.1 Å². The molecule has 0 aliphatic heterocycles. The van der Waals surface area contributed by atoms with E-state index >= 15 is 0 Å². The monoisotopic (exact) mass is 300 g/mol. The van der Waals surface area contributed by atoms with Crippen molar-refractivity contribution in [3.63, 3.8) is 0 Å². The maximum absolute atomic E-state index is 12.5. The van der Waals surface area contributed by atoms with E-state index in [2.05, 4.69) is 0 Å². The maximum atomic E-state index is 12.5. The van der Waals surface area contributed by atoms with E-state index in [0.29, 0.717) is 19.3 Å². The molecule has 0 radical (unpaired) electrons. The lowest BCUT2D eigenvalue weighted by Crippen LogP contribution is -2.27. The van der Waals surface area contributed by atoms with Crippen molar-refractivity contribution in [1.82, 2.24) is 0 Å². The Morgan fingerprint density at radius 2 is 1.95 bits per heavy atom. The van der Waals surface area contributed by atoms with Crippen LogP contribution in [0, 0.1) is 5.41 Å². The molecule has 116 valence electrons. The molecule has 2 rings (SSSR count). The molecule has 2 nitrogen and oxygen atoms in total. The van der Waals surface area contributed by atoms with E-state index in [4.69, 9.17) is 0 Å². The Morgan fingerprint density at radius 1 is 1.33 bits per heavy atom. The molecule has 2 atom stereocenters. The second-order valence-electron chi connectivity index (χ2n) is 5.89. The maximum Gasteiger partial charge on any atom is 0.416 e. The van der Waals surface area contributed by atoms with Crippen molar-refractivity contribution in [2.24, 2.45) is 5.41 Å². The second-order valence-corrected chi connectivity index (χ2v) is 5.89. The highest BCUT2D eigenvalue weighted by atomic mass is 19.4. The molecule has 21 heavy (non-hydrogen) atoms. The summed E-state index contributed by atoms with van der Waals surface area (Å²) in [4.78, 5) is 11.5. The van der Waals surface area contributed by atoms with Gasteiger partial charge in [-0.2, -0.15) is 13.2 Å². The van der Waals surface area contributed by atoms with E-state index < -0.39 is 23.1 Å². The number of carbonyl (C=O) groups is 1. The number of alkyl halides is 3. The van der Waals surface area contributed by atoms with Crippen LogP contribution >= 0.6 is 0 Å². The Hall–Kier alpha value is -1.52. The summed E-state index contributed by atoms with van der Waals surface area (Å²) in [6, 6.07) is 5.13. The van der Waals surface area contributed by atoms with Crippen LogP contribution in [-0.4, -0.2) is 11.1 Å². The van der Waals surface area contributed by atoms with Crippen LogP contribution in [0.15, 0.2) is 24.3 Å². The standard InChI is InChI=1S/C16H19F3O2/c1-2-8-15(14(20)21)9-7-12(10-15)11-3-5-13(6-4-11)16(17,18)19/h3-6,12H,2,7-10H2,1H3,(H,20,21). The van der Waals surface area contributed by atoms with Gasteiger partial charge in [-0.1, -0.05) is 25.5 Å². The first kappa shape index (κ1) is 15.9. The molecule has 2 unspecified atom stereocenters. The fourth-order valence-electron chi connectivity index (χ4n) is 3.36. The number of rotatable bonds is 4. The SMILES string of the molecule is CCCC1(C(=O)O)CCC(c2ccc(C(F)(F)F)cc2)C1. The highest BCUT2D eigenvalue weighted by Gasteiger charge is 2.45. The molecule has 0 aromatic heterocycles. The molecular formula is C16H19F3O2. The molecule has 1 N–H and O–H groups in total. The van der Waals surface area contributed by atoms with Crippen LogP contribution < -0.4 is 0 Å². The Kier molecular flexibility index (Phi) is 4.30. The van der Waals surface area contributed by atoms with Gasteiger partial charge in [0.25, 0.3) is 0 Å². The average Bonchev–Trinajstić information content (AvgIpc) is 2.84. The minimum atomic E-state index is -4.33. The molecule has 1 aromatic carbocycles. The van der Waals surface area contributed by atoms with Gasteiger partial charge in [-0.15, -0.1) is 0 Å². The number of halogens is 3. The van der Waals surface area contributed by atoms with Crippen LogP contribution in [-0.2, 0) is 11.0 Å². The first-order chi connectivity index (χ1) is 9.78. The topological polar surface area (TPSA) is 37.3 Å². The molecule has 0 heterocycles. The Bertz CT molecular complexity index is 507. The first-order valence-electron chi connectivity index (χ1n) is 7.19. The fourth-order valence-corrected chi connectivity index (χ4v) is 3.36. The molecule has 0 bridgehead atoms. The van der Waals surface area contributed by atoms with Crippen LogP contribution in [0.3, 0.4) is 0 Å². The van der Waals surface area contributed by atoms with Gasteiger partial charge in [0.05, 0.1) is 11.0 Å². The van der Waals surface area contributed by atoms with Crippen molar-refractivity contribution in [3.05, 3.63) is 35.4 Å². The van der Waals surface area contributed by atoms with Gasteiger partial charge in [0, 0.05) is 0 Å². The number of aliphatic carboxylic acids is 1. The lowest BCUT2D eigenvalue weighted by Gasteiger charge is -2.23. The lowest BCUT2D eigenvalue weighted by molar-refractivity contribution is -0.149.